The van der Waals surface area contributed by atoms with E-state index in [1.807, 2.05) is 23.3 Å². The van der Waals surface area contributed by atoms with Crippen molar-refractivity contribution in [2.75, 3.05) is 13.1 Å². The van der Waals surface area contributed by atoms with Gasteiger partial charge in [-0.1, -0.05) is 12.5 Å². The molecule has 5 heteroatoms. The molecule has 0 aromatic carbocycles. The zero-order valence-corrected chi connectivity index (χ0v) is 10.1. The van der Waals surface area contributed by atoms with E-state index < -0.39 is 0 Å². The Morgan fingerprint density at radius 1 is 1.07 bits per heavy atom. The van der Waals surface area contributed by atoms with Gasteiger partial charge in [0.25, 0.3) is 0 Å². The molecule has 1 aliphatic rings. The molecular formula is C10H16Cl2N2O. The fraction of sp³-hybridized carbons (Fsp3) is 0.500. The molecule has 0 amide bonds. The topological polar surface area (TPSA) is 25.4 Å². The van der Waals surface area contributed by atoms with Gasteiger partial charge in [-0.2, -0.15) is 0 Å². The first kappa shape index (κ1) is 14.5. The largest absolute Gasteiger partial charge is 0.386 e. The second-order valence-electron chi connectivity index (χ2n) is 3.25. The van der Waals surface area contributed by atoms with Crippen LogP contribution in [0.3, 0.4) is 0 Å². The van der Waals surface area contributed by atoms with Gasteiger partial charge in [0.1, 0.15) is 0 Å². The Morgan fingerprint density at radius 3 is 2.40 bits per heavy atom. The van der Waals surface area contributed by atoms with E-state index >= 15 is 0 Å². The van der Waals surface area contributed by atoms with Gasteiger partial charge < -0.3 is 4.84 Å². The van der Waals surface area contributed by atoms with Crippen molar-refractivity contribution in [3.63, 3.8) is 0 Å². The minimum Gasteiger partial charge on any atom is -0.386 e. The average Bonchev–Trinajstić information content (AvgIpc) is 2.21. The van der Waals surface area contributed by atoms with Gasteiger partial charge in [-0.25, -0.2) is 4.98 Å². The van der Waals surface area contributed by atoms with E-state index in [-0.39, 0.29) is 24.8 Å². The number of piperidine rings is 1. The summed E-state index contributed by atoms with van der Waals surface area (Å²) in [6.07, 6.45) is 5.53. The summed E-state index contributed by atoms with van der Waals surface area (Å²) in [4.78, 5) is 9.69. The van der Waals surface area contributed by atoms with E-state index in [0.717, 1.165) is 13.1 Å². The van der Waals surface area contributed by atoms with Crippen molar-refractivity contribution in [2.45, 2.75) is 19.3 Å². The fourth-order valence-corrected chi connectivity index (χ4v) is 1.49. The molecule has 0 aliphatic carbocycles. The van der Waals surface area contributed by atoms with Crippen LogP contribution in [0.25, 0.3) is 0 Å². The van der Waals surface area contributed by atoms with Gasteiger partial charge in [-0.3, -0.25) is 0 Å². The van der Waals surface area contributed by atoms with E-state index in [0.29, 0.717) is 5.88 Å². The minimum absolute atomic E-state index is 0. The second-order valence-corrected chi connectivity index (χ2v) is 3.25. The minimum atomic E-state index is 0. The molecule has 1 aromatic rings. The third-order valence-corrected chi connectivity index (χ3v) is 2.18. The number of hydrogen-bond acceptors (Lipinski definition) is 3. The molecule has 2 heterocycles. The molecule has 0 saturated carbocycles. The van der Waals surface area contributed by atoms with Gasteiger partial charge in [0.15, 0.2) is 0 Å². The highest BCUT2D eigenvalue weighted by Crippen LogP contribution is 2.12. The molecule has 15 heavy (non-hydrogen) atoms. The van der Waals surface area contributed by atoms with E-state index in [1.165, 1.54) is 19.3 Å². The molecule has 3 nitrogen and oxygen atoms in total. The molecule has 2 rings (SSSR count). The molecule has 1 aromatic heterocycles. The Labute approximate surface area is 103 Å². The highest BCUT2D eigenvalue weighted by molar-refractivity contribution is 5.85. The summed E-state index contributed by atoms with van der Waals surface area (Å²) in [5.74, 6) is 0.699. The summed E-state index contributed by atoms with van der Waals surface area (Å²) in [6.45, 7) is 2.05. The van der Waals surface area contributed by atoms with Crippen molar-refractivity contribution in [1.29, 1.82) is 0 Å². The maximum Gasteiger partial charge on any atom is 0.238 e. The first-order valence-electron chi connectivity index (χ1n) is 4.79. The van der Waals surface area contributed by atoms with Crippen LogP contribution in [0.4, 0.5) is 0 Å². The summed E-state index contributed by atoms with van der Waals surface area (Å²) >= 11 is 0. The SMILES string of the molecule is Cl.Cl.c1ccc(ON2CCCCC2)nc1. The Morgan fingerprint density at radius 2 is 1.80 bits per heavy atom. The summed E-state index contributed by atoms with van der Waals surface area (Å²) in [5.41, 5.74) is 0. The quantitative estimate of drug-likeness (QED) is 0.808. The van der Waals surface area contributed by atoms with Crippen molar-refractivity contribution in [3.8, 4) is 5.88 Å². The van der Waals surface area contributed by atoms with Crippen LogP contribution >= 0.6 is 24.8 Å². The van der Waals surface area contributed by atoms with Crippen molar-refractivity contribution in [3.05, 3.63) is 24.4 Å². The molecule has 1 aliphatic heterocycles. The van der Waals surface area contributed by atoms with E-state index in [2.05, 4.69) is 4.98 Å². The number of pyridine rings is 1. The van der Waals surface area contributed by atoms with E-state index in [1.54, 1.807) is 6.20 Å². The third kappa shape index (κ3) is 4.69. The fourth-order valence-electron chi connectivity index (χ4n) is 1.49. The monoisotopic (exact) mass is 250 g/mol. The maximum absolute atomic E-state index is 5.58. The highest BCUT2D eigenvalue weighted by Gasteiger charge is 2.11. The zero-order chi connectivity index (χ0) is 8.93. The number of hydrogen-bond donors (Lipinski definition) is 0. The average molecular weight is 251 g/mol. The third-order valence-electron chi connectivity index (χ3n) is 2.18. The molecule has 0 radical (unpaired) electrons. The maximum atomic E-state index is 5.58. The van der Waals surface area contributed by atoms with Gasteiger partial charge >= 0.3 is 0 Å². The van der Waals surface area contributed by atoms with Crippen molar-refractivity contribution >= 4 is 24.8 Å². The highest BCUT2D eigenvalue weighted by atomic mass is 35.5. The van der Waals surface area contributed by atoms with Crippen LogP contribution < -0.4 is 4.84 Å². The number of rotatable bonds is 2. The Hall–Kier alpha value is -0.510. The number of hydroxylamine groups is 2. The molecule has 1 fully saturated rings. The lowest BCUT2D eigenvalue weighted by atomic mass is 10.2. The van der Waals surface area contributed by atoms with Crippen LogP contribution in [-0.2, 0) is 0 Å². The van der Waals surface area contributed by atoms with Crippen LogP contribution in [0.2, 0.25) is 0 Å². The summed E-state index contributed by atoms with van der Waals surface area (Å²) in [7, 11) is 0. The lowest BCUT2D eigenvalue weighted by Gasteiger charge is -2.25. The van der Waals surface area contributed by atoms with Gasteiger partial charge in [0.2, 0.25) is 5.88 Å². The summed E-state index contributed by atoms with van der Waals surface area (Å²) < 4.78 is 0. The van der Waals surface area contributed by atoms with Crippen LogP contribution in [0.5, 0.6) is 5.88 Å². The Balaban J connectivity index is 0.000000980. The molecule has 0 bridgehead atoms. The zero-order valence-electron chi connectivity index (χ0n) is 8.46. The lowest BCUT2D eigenvalue weighted by Crippen LogP contribution is -2.33. The molecule has 0 spiro atoms. The Bertz CT molecular complexity index is 253. The van der Waals surface area contributed by atoms with E-state index in [9.17, 15) is 0 Å². The van der Waals surface area contributed by atoms with Crippen LogP contribution in [0.15, 0.2) is 24.4 Å². The molecular weight excluding hydrogens is 235 g/mol. The van der Waals surface area contributed by atoms with Gasteiger partial charge in [0.05, 0.1) is 0 Å². The predicted octanol–water partition coefficient (Wildman–Crippen LogP) is 2.70. The lowest BCUT2D eigenvalue weighted by molar-refractivity contribution is -0.0757. The van der Waals surface area contributed by atoms with Gasteiger partial charge in [-0.15, -0.1) is 29.9 Å². The Kier molecular flexibility index (Phi) is 7.48. The molecule has 1 saturated heterocycles. The second kappa shape index (κ2) is 7.74. The van der Waals surface area contributed by atoms with Gasteiger partial charge in [0, 0.05) is 25.4 Å². The molecule has 0 unspecified atom stereocenters. The number of halogens is 2. The normalized spacial score (nSPS) is 16.0. The first-order valence-corrected chi connectivity index (χ1v) is 4.79. The van der Waals surface area contributed by atoms with Crippen molar-refractivity contribution < 1.29 is 4.84 Å². The van der Waals surface area contributed by atoms with Crippen LogP contribution in [-0.4, -0.2) is 23.1 Å². The molecule has 86 valence electrons. The molecule has 0 N–H and O–H groups in total. The summed E-state index contributed by atoms with van der Waals surface area (Å²) in [5, 5.41) is 1.99. The van der Waals surface area contributed by atoms with Gasteiger partial charge in [-0.05, 0) is 18.9 Å². The van der Waals surface area contributed by atoms with E-state index in [4.69, 9.17) is 4.84 Å². The first-order chi connectivity index (χ1) is 6.45. The predicted molar refractivity (Wildman–Crippen MR) is 64.8 cm³/mol. The molecule has 0 atom stereocenters. The van der Waals surface area contributed by atoms with Crippen molar-refractivity contribution in [1.82, 2.24) is 10.0 Å². The standard InChI is InChI=1S/C10H14N2O.2ClH/c1-4-8-12(9-5-1)13-10-6-2-3-7-11-10;;/h2-3,6-7H,1,4-5,8-9H2;2*1H. The van der Waals surface area contributed by atoms with Crippen LogP contribution in [0.1, 0.15) is 19.3 Å². The number of nitrogens with zero attached hydrogens (tertiary/aromatic N) is 2. The van der Waals surface area contributed by atoms with Crippen molar-refractivity contribution in [2.24, 2.45) is 0 Å². The summed E-state index contributed by atoms with van der Waals surface area (Å²) in [6, 6.07) is 5.71. The number of aromatic nitrogens is 1. The van der Waals surface area contributed by atoms with Crippen LogP contribution in [0, 0.1) is 0 Å². The smallest absolute Gasteiger partial charge is 0.238 e.